The van der Waals surface area contributed by atoms with Gasteiger partial charge in [0.15, 0.2) is 0 Å². The lowest BCUT2D eigenvalue weighted by Crippen LogP contribution is -2.34. The van der Waals surface area contributed by atoms with E-state index in [1.165, 1.54) is 0 Å². The predicted molar refractivity (Wildman–Crippen MR) is 76.6 cm³/mol. The Labute approximate surface area is 115 Å². The number of carbonyl (C=O) groups is 1. The molecule has 1 saturated heterocycles. The largest absolute Gasteiger partial charge is 0.348 e. The zero-order chi connectivity index (χ0) is 12.1. The Morgan fingerprint density at radius 3 is 2.82 bits per heavy atom. The maximum absolute atomic E-state index is 12.0. The van der Waals surface area contributed by atoms with Crippen LogP contribution < -0.4 is 5.32 Å². The van der Waals surface area contributed by atoms with Crippen molar-refractivity contribution in [2.24, 2.45) is 5.92 Å². The van der Waals surface area contributed by atoms with Crippen molar-refractivity contribution >= 4 is 33.6 Å². The van der Waals surface area contributed by atoms with Gasteiger partial charge in [0.05, 0.1) is 6.04 Å². The molecule has 0 bridgehead atoms. The first-order valence-electron chi connectivity index (χ1n) is 5.80. The molecule has 92 valence electrons. The highest BCUT2D eigenvalue weighted by Crippen LogP contribution is 2.24. The second kappa shape index (κ2) is 6.45. The summed E-state index contributed by atoms with van der Waals surface area (Å²) in [4.78, 5) is 12.0. The fourth-order valence-electron chi connectivity index (χ4n) is 1.93. The maximum atomic E-state index is 12.0. The smallest absolute Gasteiger partial charge is 0.224 e. The Bertz CT molecular complexity index is 365. The van der Waals surface area contributed by atoms with Crippen LogP contribution in [-0.4, -0.2) is 22.7 Å². The number of thioether (sulfide) groups is 1. The highest BCUT2D eigenvalue weighted by molar-refractivity contribution is 9.09. The van der Waals surface area contributed by atoms with Crippen LogP contribution in [0.5, 0.6) is 0 Å². The molecule has 1 amide bonds. The van der Waals surface area contributed by atoms with E-state index in [1.54, 1.807) is 0 Å². The van der Waals surface area contributed by atoms with E-state index in [4.69, 9.17) is 0 Å². The SMILES string of the molecule is O=C(NC(CBr)c1ccccc1)C1CCSC1. The number of alkyl halides is 1. The second-order valence-corrected chi connectivity index (χ2v) is 5.98. The Hall–Kier alpha value is -0.480. The Morgan fingerprint density at radius 1 is 1.47 bits per heavy atom. The van der Waals surface area contributed by atoms with Gasteiger partial charge >= 0.3 is 0 Å². The van der Waals surface area contributed by atoms with E-state index in [0.29, 0.717) is 0 Å². The molecule has 1 aliphatic rings. The predicted octanol–water partition coefficient (Wildman–Crippen LogP) is 2.99. The molecule has 0 saturated carbocycles. The van der Waals surface area contributed by atoms with E-state index in [0.717, 1.165) is 28.8 Å². The van der Waals surface area contributed by atoms with E-state index in [1.807, 2.05) is 30.0 Å². The molecular formula is C13H16BrNOS. The summed E-state index contributed by atoms with van der Waals surface area (Å²) in [6, 6.07) is 10.2. The molecule has 0 radical (unpaired) electrons. The molecule has 1 N–H and O–H groups in total. The Morgan fingerprint density at radius 2 is 2.24 bits per heavy atom. The minimum atomic E-state index is 0.0781. The summed E-state index contributed by atoms with van der Waals surface area (Å²) in [5.74, 6) is 2.48. The van der Waals surface area contributed by atoms with Crippen LogP contribution in [0.4, 0.5) is 0 Å². The van der Waals surface area contributed by atoms with E-state index in [-0.39, 0.29) is 17.9 Å². The molecule has 2 unspecified atom stereocenters. The van der Waals surface area contributed by atoms with Crippen molar-refractivity contribution in [3.8, 4) is 0 Å². The normalized spacial score (nSPS) is 21.1. The van der Waals surface area contributed by atoms with Gasteiger partial charge in [0.25, 0.3) is 0 Å². The average molecular weight is 314 g/mol. The van der Waals surface area contributed by atoms with Crippen LogP contribution in [-0.2, 0) is 4.79 Å². The molecule has 1 heterocycles. The third-order valence-corrected chi connectivity index (χ3v) is 4.78. The van der Waals surface area contributed by atoms with Crippen molar-refractivity contribution in [3.05, 3.63) is 35.9 Å². The summed E-state index contributed by atoms with van der Waals surface area (Å²) < 4.78 is 0. The molecule has 4 heteroatoms. The van der Waals surface area contributed by atoms with Gasteiger partial charge in [-0.1, -0.05) is 46.3 Å². The lowest BCUT2D eigenvalue weighted by Gasteiger charge is -2.19. The van der Waals surface area contributed by atoms with Crippen molar-refractivity contribution in [1.82, 2.24) is 5.32 Å². The number of halogens is 1. The lowest BCUT2D eigenvalue weighted by molar-refractivity contribution is -0.124. The maximum Gasteiger partial charge on any atom is 0.224 e. The number of nitrogens with one attached hydrogen (secondary N) is 1. The molecule has 0 aliphatic carbocycles. The molecule has 2 nitrogen and oxygen atoms in total. The van der Waals surface area contributed by atoms with Crippen molar-refractivity contribution in [3.63, 3.8) is 0 Å². The number of carbonyl (C=O) groups excluding carboxylic acids is 1. The minimum Gasteiger partial charge on any atom is -0.348 e. The van der Waals surface area contributed by atoms with E-state index in [2.05, 4.69) is 33.4 Å². The Balaban J connectivity index is 1.97. The van der Waals surface area contributed by atoms with Gasteiger partial charge in [-0.3, -0.25) is 4.79 Å². The van der Waals surface area contributed by atoms with Crippen molar-refractivity contribution in [2.45, 2.75) is 12.5 Å². The van der Waals surface area contributed by atoms with Crippen molar-refractivity contribution < 1.29 is 4.79 Å². The molecule has 0 spiro atoms. The van der Waals surface area contributed by atoms with Crippen LogP contribution in [0.1, 0.15) is 18.0 Å². The summed E-state index contributed by atoms with van der Waals surface area (Å²) >= 11 is 5.34. The fourth-order valence-corrected chi connectivity index (χ4v) is 3.68. The standard InChI is InChI=1S/C13H16BrNOS/c14-8-12(10-4-2-1-3-5-10)15-13(16)11-6-7-17-9-11/h1-5,11-12H,6-9H2,(H,15,16). The van der Waals surface area contributed by atoms with Gasteiger partial charge in [-0.05, 0) is 17.7 Å². The number of hydrogen-bond acceptors (Lipinski definition) is 2. The lowest BCUT2D eigenvalue weighted by atomic mass is 10.1. The van der Waals surface area contributed by atoms with Crippen LogP contribution in [0.3, 0.4) is 0 Å². The molecule has 1 aromatic carbocycles. The van der Waals surface area contributed by atoms with Crippen LogP contribution >= 0.6 is 27.7 Å². The number of amides is 1. The topological polar surface area (TPSA) is 29.1 Å². The van der Waals surface area contributed by atoms with Gasteiger partial charge in [-0.15, -0.1) is 0 Å². The summed E-state index contributed by atoms with van der Waals surface area (Å²) in [5, 5.41) is 3.88. The number of benzene rings is 1. The highest BCUT2D eigenvalue weighted by Gasteiger charge is 2.25. The molecule has 1 fully saturated rings. The van der Waals surface area contributed by atoms with Crippen molar-refractivity contribution in [1.29, 1.82) is 0 Å². The van der Waals surface area contributed by atoms with Crippen LogP contribution in [0.15, 0.2) is 30.3 Å². The van der Waals surface area contributed by atoms with Gasteiger partial charge in [-0.25, -0.2) is 0 Å². The molecule has 0 aromatic heterocycles. The molecule has 1 aromatic rings. The highest BCUT2D eigenvalue weighted by atomic mass is 79.9. The summed E-state index contributed by atoms with van der Waals surface area (Å²) in [6.07, 6.45) is 1.01. The monoisotopic (exact) mass is 313 g/mol. The zero-order valence-corrected chi connectivity index (χ0v) is 12.0. The molecule has 1 aliphatic heterocycles. The fraction of sp³-hybridized carbons (Fsp3) is 0.462. The summed E-state index contributed by atoms with van der Waals surface area (Å²) in [7, 11) is 0. The molecular weight excluding hydrogens is 298 g/mol. The second-order valence-electron chi connectivity index (χ2n) is 4.19. The molecule has 2 atom stereocenters. The third kappa shape index (κ3) is 3.49. The van der Waals surface area contributed by atoms with Gasteiger partial charge in [-0.2, -0.15) is 11.8 Å². The minimum absolute atomic E-state index is 0.0781. The van der Waals surface area contributed by atoms with Gasteiger partial charge in [0.1, 0.15) is 0 Å². The zero-order valence-electron chi connectivity index (χ0n) is 9.56. The van der Waals surface area contributed by atoms with Crippen molar-refractivity contribution in [2.75, 3.05) is 16.8 Å². The van der Waals surface area contributed by atoms with Crippen LogP contribution in [0.25, 0.3) is 0 Å². The van der Waals surface area contributed by atoms with Crippen LogP contribution in [0.2, 0.25) is 0 Å². The van der Waals surface area contributed by atoms with E-state index < -0.39 is 0 Å². The van der Waals surface area contributed by atoms with E-state index >= 15 is 0 Å². The average Bonchev–Trinajstić information content (AvgIpc) is 2.90. The summed E-state index contributed by atoms with van der Waals surface area (Å²) in [6.45, 7) is 0. The Kier molecular flexibility index (Phi) is 4.92. The molecule has 2 rings (SSSR count). The van der Waals surface area contributed by atoms with Gasteiger partial charge in [0.2, 0.25) is 5.91 Å². The van der Waals surface area contributed by atoms with E-state index in [9.17, 15) is 4.79 Å². The van der Waals surface area contributed by atoms with Gasteiger partial charge < -0.3 is 5.32 Å². The first kappa shape index (κ1) is 13.0. The third-order valence-electron chi connectivity index (χ3n) is 2.97. The quantitative estimate of drug-likeness (QED) is 0.866. The van der Waals surface area contributed by atoms with Gasteiger partial charge in [0, 0.05) is 17.0 Å². The first-order valence-corrected chi connectivity index (χ1v) is 8.08. The number of hydrogen-bond donors (Lipinski definition) is 1. The number of rotatable bonds is 4. The van der Waals surface area contributed by atoms with Crippen LogP contribution in [0, 0.1) is 5.92 Å². The first-order chi connectivity index (χ1) is 8.31. The molecule has 17 heavy (non-hydrogen) atoms. The summed E-state index contributed by atoms with van der Waals surface area (Å²) in [5.41, 5.74) is 1.16.